The molecule has 0 radical (unpaired) electrons. The molecule has 1 aromatic heterocycles. The number of nitrogens with one attached hydrogen (secondary N) is 1. The maximum absolute atomic E-state index is 12.4. The van der Waals surface area contributed by atoms with Gasteiger partial charge in [0.15, 0.2) is 0 Å². The molecule has 7 heteroatoms. The molecule has 1 N–H and O–H groups in total. The fraction of sp³-hybridized carbons (Fsp3) is 0.412. The van der Waals surface area contributed by atoms with Crippen LogP contribution in [-0.4, -0.2) is 48.5 Å². The molecule has 0 atom stereocenters. The van der Waals surface area contributed by atoms with Gasteiger partial charge < -0.3 is 15.1 Å². The number of aryl methyl sites for hydroxylation is 1. The first kappa shape index (κ1) is 17.2. The van der Waals surface area contributed by atoms with Gasteiger partial charge in [-0.3, -0.25) is 4.79 Å². The summed E-state index contributed by atoms with van der Waals surface area (Å²) in [5, 5.41) is 6.23. The molecule has 2 heterocycles. The number of benzene rings is 1. The Balaban J connectivity index is 1.80. The molecule has 0 aliphatic carbocycles. The predicted octanol–water partition coefficient (Wildman–Crippen LogP) is 3.50. The first-order valence-corrected chi connectivity index (χ1v) is 9.33. The van der Waals surface area contributed by atoms with Gasteiger partial charge in [-0.05, 0) is 31.7 Å². The predicted molar refractivity (Wildman–Crippen MR) is 101 cm³/mol. The molecule has 0 bridgehead atoms. The van der Waals surface area contributed by atoms with Crippen molar-refractivity contribution in [2.24, 2.45) is 0 Å². The first-order valence-electron chi connectivity index (χ1n) is 8.07. The maximum atomic E-state index is 12.4. The quantitative estimate of drug-likeness (QED) is 0.902. The van der Waals surface area contributed by atoms with Gasteiger partial charge in [0.2, 0.25) is 0 Å². The lowest BCUT2D eigenvalue weighted by molar-refractivity contribution is 0.102. The minimum atomic E-state index is -0.199. The second-order valence-corrected chi connectivity index (χ2v) is 7.29. The monoisotopic (exact) mass is 364 g/mol. The third-order valence-electron chi connectivity index (χ3n) is 4.22. The van der Waals surface area contributed by atoms with Crippen molar-refractivity contribution in [3.63, 3.8) is 0 Å². The number of anilines is 2. The largest absolute Gasteiger partial charge is 0.367 e. The third-order valence-corrected chi connectivity index (χ3v) is 5.23. The van der Waals surface area contributed by atoms with Crippen molar-refractivity contribution in [2.45, 2.75) is 13.8 Å². The van der Waals surface area contributed by atoms with Gasteiger partial charge in [-0.2, -0.15) is 0 Å². The molecule has 3 rings (SSSR count). The molecule has 1 aliphatic rings. The number of hydrogen-bond donors (Lipinski definition) is 1. The Hall–Kier alpha value is -1.63. The lowest BCUT2D eigenvalue weighted by Crippen LogP contribution is -2.46. The molecule has 0 unspecified atom stereocenters. The van der Waals surface area contributed by atoms with E-state index in [1.165, 1.54) is 11.3 Å². The molecule has 24 heavy (non-hydrogen) atoms. The van der Waals surface area contributed by atoms with Crippen molar-refractivity contribution in [2.75, 3.05) is 42.9 Å². The number of likely N-dealkylation sites (N-methyl/N-ethyl adjacent to an activating group) is 1. The summed E-state index contributed by atoms with van der Waals surface area (Å²) in [5.74, 6) is -0.199. The number of carbonyl (C=O) groups is 1. The van der Waals surface area contributed by atoms with E-state index in [9.17, 15) is 4.79 Å². The second-order valence-electron chi connectivity index (χ2n) is 5.79. The third kappa shape index (κ3) is 3.88. The van der Waals surface area contributed by atoms with Crippen molar-refractivity contribution in [3.8, 4) is 0 Å². The van der Waals surface area contributed by atoms with Gasteiger partial charge in [0.1, 0.15) is 5.69 Å². The van der Waals surface area contributed by atoms with Crippen LogP contribution in [0.4, 0.5) is 11.4 Å². The number of thiazole rings is 1. The van der Waals surface area contributed by atoms with Gasteiger partial charge in [0, 0.05) is 36.6 Å². The van der Waals surface area contributed by atoms with Gasteiger partial charge in [-0.1, -0.05) is 18.5 Å². The average molecular weight is 365 g/mol. The number of hydrogen-bond acceptors (Lipinski definition) is 5. The highest BCUT2D eigenvalue weighted by Gasteiger charge is 2.20. The van der Waals surface area contributed by atoms with E-state index < -0.39 is 0 Å². The van der Waals surface area contributed by atoms with Crippen molar-refractivity contribution < 1.29 is 4.79 Å². The SMILES string of the molecule is CCN1CCN(c2ccc(Cl)cc2NC(=O)c2csc(C)n2)CC1. The lowest BCUT2D eigenvalue weighted by Gasteiger charge is -2.36. The summed E-state index contributed by atoms with van der Waals surface area (Å²) >= 11 is 7.61. The van der Waals surface area contributed by atoms with Crippen LogP contribution in [0.2, 0.25) is 5.02 Å². The van der Waals surface area contributed by atoms with Crippen LogP contribution in [-0.2, 0) is 0 Å². The summed E-state index contributed by atoms with van der Waals surface area (Å²) in [6.45, 7) is 9.07. The van der Waals surface area contributed by atoms with Crippen LogP contribution in [0, 0.1) is 6.92 Å². The van der Waals surface area contributed by atoms with Crippen molar-refractivity contribution >= 4 is 40.2 Å². The van der Waals surface area contributed by atoms with Crippen molar-refractivity contribution in [1.29, 1.82) is 0 Å². The van der Waals surface area contributed by atoms with Crippen LogP contribution >= 0.6 is 22.9 Å². The van der Waals surface area contributed by atoms with Crippen LogP contribution in [0.15, 0.2) is 23.6 Å². The van der Waals surface area contributed by atoms with E-state index in [1.54, 1.807) is 11.4 Å². The summed E-state index contributed by atoms with van der Waals surface area (Å²) in [7, 11) is 0. The van der Waals surface area contributed by atoms with E-state index >= 15 is 0 Å². The van der Waals surface area contributed by atoms with Crippen molar-refractivity contribution in [1.82, 2.24) is 9.88 Å². The van der Waals surface area contributed by atoms with E-state index in [4.69, 9.17) is 11.6 Å². The Bertz CT molecular complexity index is 725. The Morgan fingerprint density at radius 1 is 1.33 bits per heavy atom. The average Bonchev–Trinajstić information content (AvgIpc) is 3.02. The van der Waals surface area contributed by atoms with Gasteiger partial charge in [0.25, 0.3) is 5.91 Å². The molecule has 0 saturated carbocycles. The molecule has 1 aromatic carbocycles. The fourth-order valence-corrected chi connectivity index (χ4v) is 3.61. The molecule has 1 fully saturated rings. The van der Waals surface area contributed by atoms with Gasteiger partial charge in [0.05, 0.1) is 16.4 Å². The van der Waals surface area contributed by atoms with Crippen LogP contribution in [0.1, 0.15) is 22.4 Å². The zero-order valence-corrected chi connectivity index (χ0v) is 15.5. The summed E-state index contributed by atoms with van der Waals surface area (Å²) in [6, 6.07) is 5.65. The number of carbonyl (C=O) groups excluding carboxylic acids is 1. The molecule has 1 saturated heterocycles. The van der Waals surface area contributed by atoms with Gasteiger partial charge in [-0.15, -0.1) is 11.3 Å². The molecule has 1 amide bonds. The Kier molecular flexibility index (Phi) is 5.38. The molecule has 128 valence electrons. The summed E-state index contributed by atoms with van der Waals surface area (Å²) in [6.07, 6.45) is 0. The van der Waals surface area contributed by atoms with E-state index in [1.807, 2.05) is 19.1 Å². The molecule has 5 nitrogen and oxygen atoms in total. The lowest BCUT2D eigenvalue weighted by atomic mass is 10.2. The number of amides is 1. The van der Waals surface area contributed by atoms with Crippen LogP contribution in [0.25, 0.3) is 0 Å². The number of halogens is 1. The number of piperazine rings is 1. The highest BCUT2D eigenvalue weighted by molar-refractivity contribution is 7.09. The molecule has 1 aliphatic heterocycles. The second kappa shape index (κ2) is 7.51. The number of nitrogens with zero attached hydrogens (tertiary/aromatic N) is 3. The fourth-order valence-electron chi connectivity index (χ4n) is 2.84. The molecule has 0 spiro atoms. The van der Waals surface area contributed by atoms with Crippen LogP contribution in [0.5, 0.6) is 0 Å². The van der Waals surface area contributed by atoms with Gasteiger partial charge >= 0.3 is 0 Å². The highest BCUT2D eigenvalue weighted by Crippen LogP contribution is 2.30. The van der Waals surface area contributed by atoms with E-state index in [0.29, 0.717) is 10.7 Å². The summed E-state index contributed by atoms with van der Waals surface area (Å²) < 4.78 is 0. The van der Waals surface area contributed by atoms with E-state index in [0.717, 1.165) is 49.1 Å². The standard InChI is InChI=1S/C17H21ClN4OS/c1-3-21-6-8-22(9-7-21)16-5-4-13(18)10-14(16)20-17(23)15-11-24-12(2)19-15/h4-5,10-11H,3,6-9H2,1-2H3,(H,20,23). The molecular formula is C17H21ClN4OS. The Morgan fingerprint density at radius 3 is 2.71 bits per heavy atom. The topological polar surface area (TPSA) is 48.5 Å². The number of rotatable bonds is 4. The Labute approximate surface area is 151 Å². The minimum absolute atomic E-state index is 0.199. The zero-order chi connectivity index (χ0) is 17.1. The van der Waals surface area contributed by atoms with Crippen molar-refractivity contribution in [3.05, 3.63) is 39.3 Å². The number of aromatic nitrogens is 1. The zero-order valence-electron chi connectivity index (χ0n) is 13.9. The highest BCUT2D eigenvalue weighted by atomic mass is 35.5. The van der Waals surface area contributed by atoms with Crippen LogP contribution < -0.4 is 10.2 Å². The molecular weight excluding hydrogens is 344 g/mol. The normalized spacial score (nSPS) is 15.5. The van der Waals surface area contributed by atoms with Crippen LogP contribution in [0.3, 0.4) is 0 Å². The van der Waals surface area contributed by atoms with Gasteiger partial charge in [-0.25, -0.2) is 4.98 Å². The summed E-state index contributed by atoms with van der Waals surface area (Å²) in [5.41, 5.74) is 2.19. The van der Waals surface area contributed by atoms with E-state index in [-0.39, 0.29) is 5.91 Å². The maximum Gasteiger partial charge on any atom is 0.275 e. The van der Waals surface area contributed by atoms with E-state index in [2.05, 4.69) is 27.0 Å². The smallest absolute Gasteiger partial charge is 0.275 e. The first-order chi connectivity index (χ1) is 11.6. The summed E-state index contributed by atoms with van der Waals surface area (Å²) in [4.78, 5) is 21.4. The minimum Gasteiger partial charge on any atom is -0.367 e. The molecule has 2 aromatic rings. The Morgan fingerprint density at radius 2 is 2.08 bits per heavy atom.